The lowest BCUT2D eigenvalue weighted by Crippen LogP contribution is -2.09. The van der Waals surface area contributed by atoms with Crippen LogP contribution in [-0.2, 0) is 0 Å². The third-order valence-corrected chi connectivity index (χ3v) is 11.3. The average Bonchev–Trinajstić information content (AvgIpc) is 3.33. The van der Waals surface area contributed by atoms with Crippen molar-refractivity contribution < 1.29 is 0 Å². The van der Waals surface area contributed by atoms with Gasteiger partial charge in [0.15, 0.2) is 0 Å². The van der Waals surface area contributed by atoms with E-state index in [1.54, 1.807) is 0 Å². The van der Waals surface area contributed by atoms with Crippen LogP contribution in [-0.4, -0.2) is 0 Å². The monoisotopic (exact) mass is 751 g/mol. The van der Waals surface area contributed by atoms with E-state index in [0.29, 0.717) is 0 Å². The van der Waals surface area contributed by atoms with E-state index in [1.807, 2.05) is 0 Å². The molecule has 1 heteroatoms. The predicted octanol–water partition coefficient (Wildman–Crippen LogP) is 16.3. The molecule has 59 heavy (non-hydrogen) atoms. The molecule has 0 unspecified atom stereocenters. The molecule has 1 nitrogen and oxygen atoms in total. The Hall–Kier alpha value is -7.74. The third-order valence-electron chi connectivity index (χ3n) is 11.3. The summed E-state index contributed by atoms with van der Waals surface area (Å²) in [6.07, 6.45) is 0. The number of fused-ring (bicyclic) bond motifs is 1. The molecule has 0 aromatic heterocycles. The Morgan fingerprint density at radius 3 is 0.932 bits per heavy atom. The van der Waals surface area contributed by atoms with Crippen molar-refractivity contribution in [2.75, 3.05) is 4.90 Å². The fraction of sp³-hybridized carbons (Fsp3) is 0. The Bertz CT molecular complexity index is 2970. The van der Waals surface area contributed by atoms with Gasteiger partial charge >= 0.3 is 0 Å². The fourth-order valence-corrected chi connectivity index (χ4v) is 8.28. The number of hydrogen-bond donors (Lipinski definition) is 0. The molecule has 0 radical (unpaired) electrons. The van der Waals surface area contributed by atoms with Crippen LogP contribution >= 0.6 is 0 Å². The Labute approximate surface area is 346 Å². The van der Waals surface area contributed by atoms with E-state index in [2.05, 4.69) is 254 Å². The molecule has 0 bridgehead atoms. The molecule has 0 saturated carbocycles. The topological polar surface area (TPSA) is 3.24 Å². The number of benzene rings is 10. The lowest BCUT2D eigenvalue weighted by molar-refractivity contribution is 1.28. The molecule has 0 heterocycles. The fourth-order valence-electron chi connectivity index (χ4n) is 8.28. The molecular formula is C58H41N. The van der Waals surface area contributed by atoms with Crippen molar-refractivity contribution in [3.8, 4) is 66.8 Å². The van der Waals surface area contributed by atoms with Crippen molar-refractivity contribution in [1.82, 2.24) is 0 Å². The van der Waals surface area contributed by atoms with Crippen molar-refractivity contribution in [3.63, 3.8) is 0 Å². The summed E-state index contributed by atoms with van der Waals surface area (Å²) in [6.45, 7) is 0. The van der Waals surface area contributed by atoms with Crippen LogP contribution in [0.4, 0.5) is 17.1 Å². The maximum atomic E-state index is 2.35. The van der Waals surface area contributed by atoms with E-state index in [9.17, 15) is 0 Å². The molecule has 0 aliphatic heterocycles. The SMILES string of the molecule is c1ccc(-c2ccc(N(c3ccc(-c4ccc(-c5cccc(-c6ccccc6)c5)cc4)cc3)c3ccc(-c4cccc5cccc(-c6ccccc6)c45)cc3)cc2)cc1. The van der Waals surface area contributed by atoms with Crippen LogP contribution in [0, 0.1) is 0 Å². The van der Waals surface area contributed by atoms with Crippen LogP contribution < -0.4 is 4.90 Å². The Kier molecular flexibility index (Phi) is 9.68. The normalized spacial score (nSPS) is 11.1. The van der Waals surface area contributed by atoms with E-state index < -0.39 is 0 Å². The smallest absolute Gasteiger partial charge is 0.0462 e. The van der Waals surface area contributed by atoms with Gasteiger partial charge in [-0.05, 0) is 120 Å². The van der Waals surface area contributed by atoms with Crippen LogP contribution in [0.2, 0.25) is 0 Å². The average molecular weight is 752 g/mol. The highest BCUT2D eigenvalue weighted by atomic mass is 15.1. The maximum absolute atomic E-state index is 2.35. The second-order valence-electron chi connectivity index (χ2n) is 14.9. The van der Waals surface area contributed by atoms with Gasteiger partial charge in [-0.3, -0.25) is 0 Å². The van der Waals surface area contributed by atoms with Gasteiger partial charge in [0.1, 0.15) is 0 Å². The zero-order valence-corrected chi connectivity index (χ0v) is 32.6. The van der Waals surface area contributed by atoms with Gasteiger partial charge in [-0.1, -0.05) is 206 Å². The van der Waals surface area contributed by atoms with Crippen LogP contribution in [0.3, 0.4) is 0 Å². The number of hydrogen-bond acceptors (Lipinski definition) is 1. The summed E-state index contributed by atoms with van der Waals surface area (Å²) < 4.78 is 0. The molecule has 10 aromatic rings. The summed E-state index contributed by atoms with van der Waals surface area (Å²) in [6, 6.07) is 89.7. The molecule has 0 fully saturated rings. The van der Waals surface area contributed by atoms with Gasteiger partial charge in [-0.15, -0.1) is 0 Å². The molecule has 0 atom stereocenters. The van der Waals surface area contributed by atoms with Gasteiger partial charge in [-0.25, -0.2) is 0 Å². The molecule has 10 rings (SSSR count). The molecule has 0 N–H and O–H groups in total. The van der Waals surface area contributed by atoms with Crippen molar-refractivity contribution in [1.29, 1.82) is 0 Å². The highest BCUT2D eigenvalue weighted by molar-refractivity contribution is 6.06. The minimum atomic E-state index is 1.10. The largest absolute Gasteiger partial charge is 0.311 e. The van der Waals surface area contributed by atoms with Crippen molar-refractivity contribution in [3.05, 3.63) is 249 Å². The van der Waals surface area contributed by atoms with Gasteiger partial charge < -0.3 is 4.90 Å². The molecule has 0 aliphatic rings. The summed E-state index contributed by atoms with van der Waals surface area (Å²) in [7, 11) is 0. The van der Waals surface area contributed by atoms with Crippen LogP contribution in [0.25, 0.3) is 77.5 Å². The second kappa shape index (κ2) is 16.0. The molecule has 0 spiro atoms. The van der Waals surface area contributed by atoms with Crippen molar-refractivity contribution in [2.45, 2.75) is 0 Å². The minimum absolute atomic E-state index is 1.10. The zero-order chi connectivity index (χ0) is 39.4. The Balaban J connectivity index is 0.984. The van der Waals surface area contributed by atoms with Crippen LogP contribution in [0.1, 0.15) is 0 Å². The highest BCUT2D eigenvalue weighted by Gasteiger charge is 2.16. The molecule has 0 amide bonds. The lowest BCUT2D eigenvalue weighted by Gasteiger charge is -2.26. The maximum Gasteiger partial charge on any atom is 0.0462 e. The van der Waals surface area contributed by atoms with E-state index >= 15 is 0 Å². The van der Waals surface area contributed by atoms with Gasteiger partial charge in [0, 0.05) is 17.1 Å². The van der Waals surface area contributed by atoms with Gasteiger partial charge in [0.25, 0.3) is 0 Å². The number of rotatable bonds is 9. The molecule has 0 saturated heterocycles. The van der Waals surface area contributed by atoms with E-state index in [-0.39, 0.29) is 0 Å². The number of anilines is 3. The minimum Gasteiger partial charge on any atom is -0.311 e. The predicted molar refractivity (Wildman–Crippen MR) is 251 cm³/mol. The summed E-state index contributed by atoms with van der Waals surface area (Å²) in [5.41, 5.74) is 17.8. The Morgan fingerprint density at radius 2 is 0.492 bits per heavy atom. The van der Waals surface area contributed by atoms with Gasteiger partial charge in [0.2, 0.25) is 0 Å². The quantitative estimate of drug-likeness (QED) is 0.142. The second-order valence-corrected chi connectivity index (χ2v) is 14.9. The van der Waals surface area contributed by atoms with Gasteiger partial charge in [-0.2, -0.15) is 0 Å². The lowest BCUT2D eigenvalue weighted by atomic mass is 9.91. The third kappa shape index (κ3) is 7.34. The highest BCUT2D eigenvalue weighted by Crippen LogP contribution is 2.40. The van der Waals surface area contributed by atoms with E-state index in [0.717, 1.165) is 17.1 Å². The van der Waals surface area contributed by atoms with E-state index in [4.69, 9.17) is 0 Å². The molecule has 278 valence electrons. The first kappa shape index (κ1) is 35.7. The van der Waals surface area contributed by atoms with Crippen molar-refractivity contribution in [2.24, 2.45) is 0 Å². The summed E-state index contributed by atoms with van der Waals surface area (Å²) in [5, 5.41) is 2.51. The first-order valence-electron chi connectivity index (χ1n) is 20.2. The summed E-state index contributed by atoms with van der Waals surface area (Å²) >= 11 is 0. The van der Waals surface area contributed by atoms with Gasteiger partial charge in [0.05, 0.1) is 0 Å². The standard InChI is InChI=1S/C58H41N/c1-4-13-42(14-5-1)45-29-35-53(36-30-45)59(55-39-33-49(34-40-55)57-24-12-20-50-19-11-23-56(58(50)57)48-17-8-3-9-18-48)54-37-31-46(32-38-54)44-25-27-47(28-26-44)52-22-10-21-51(41-52)43-15-6-2-7-16-43/h1-41H. The summed E-state index contributed by atoms with van der Waals surface area (Å²) in [4.78, 5) is 2.35. The van der Waals surface area contributed by atoms with Crippen LogP contribution in [0.15, 0.2) is 249 Å². The van der Waals surface area contributed by atoms with Crippen molar-refractivity contribution >= 4 is 27.8 Å². The Morgan fingerprint density at radius 1 is 0.203 bits per heavy atom. The summed E-state index contributed by atoms with van der Waals surface area (Å²) in [5.74, 6) is 0. The molecule has 10 aromatic carbocycles. The first-order valence-corrected chi connectivity index (χ1v) is 20.2. The molecule has 0 aliphatic carbocycles. The molecular weight excluding hydrogens is 711 g/mol. The number of nitrogens with zero attached hydrogens (tertiary/aromatic N) is 1. The first-order chi connectivity index (χ1) is 29.2. The zero-order valence-electron chi connectivity index (χ0n) is 32.6. The van der Waals surface area contributed by atoms with Crippen LogP contribution in [0.5, 0.6) is 0 Å². The van der Waals surface area contributed by atoms with E-state index in [1.165, 1.54) is 77.5 Å².